The molecule has 1 aliphatic rings. The van der Waals surface area contributed by atoms with Gasteiger partial charge in [-0.15, -0.1) is 0 Å². The summed E-state index contributed by atoms with van der Waals surface area (Å²) in [6, 6.07) is 10.2. The Bertz CT molecular complexity index is 870. The molecule has 4 nitrogen and oxygen atoms in total. The maximum atomic E-state index is 13.6. The molecule has 27 heavy (non-hydrogen) atoms. The number of hydrogen-bond acceptors (Lipinski definition) is 2. The predicted molar refractivity (Wildman–Crippen MR) is 104 cm³/mol. The first-order chi connectivity index (χ1) is 12.8. The minimum absolute atomic E-state index is 0.277. The van der Waals surface area contributed by atoms with Gasteiger partial charge in [-0.3, -0.25) is 9.59 Å². The average Bonchev–Trinajstić information content (AvgIpc) is 3.41. The second-order valence-electron chi connectivity index (χ2n) is 7.07. The zero-order valence-corrected chi connectivity index (χ0v) is 16.1. The highest BCUT2D eigenvalue weighted by molar-refractivity contribution is 6.34. The van der Waals surface area contributed by atoms with Crippen LogP contribution in [0, 0.1) is 25.1 Å². The third kappa shape index (κ3) is 4.14. The van der Waals surface area contributed by atoms with E-state index in [1.165, 1.54) is 6.07 Å². The maximum Gasteiger partial charge on any atom is 0.240 e. The van der Waals surface area contributed by atoms with Crippen LogP contribution >= 0.6 is 11.6 Å². The molecule has 0 saturated heterocycles. The van der Waals surface area contributed by atoms with Gasteiger partial charge in [0.15, 0.2) is 0 Å². The number of halogens is 2. The van der Waals surface area contributed by atoms with Crippen LogP contribution in [0.1, 0.15) is 29.5 Å². The van der Waals surface area contributed by atoms with Crippen LogP contribution in [0.2, 0.25) is 5.02 Å². The van der Waals surface area contributed by atoms with Gasteiger partial charge in [0.25, 0.3) is 0 Å². The highest BCUT2D eigenvalue weighted by Gasteiger charge is 2.56. The van der Waals surface area contributed by atoms with Gasteiger partial charge < -0.3 is 10.6 Å². The SMILES string of the molecule is Cc1cc(C)c(NC(=O)C2(C(=O)NCCc3ccccc3F)CC2)c(Cl)c1. The lowest BCUT2D eigenvalue weighted by molar-refractivity contribution is -0.134. The smallest absolute Gasteiger partial charge is 0.240 e. The first-order valence-electron chi connectivity index (χ1n) is 8.93. The lowest BCUT2D eigenvalue weighted by atomic mass is 10.0. The summed E-state index contributed by atoms with van der Waals surface area (Å²) in [5, 5.41) is 6.04. The number of carbonyl (C=O) groups excluding carboxylic acids is 2. The molecule has 1 saturated carbocycles. The van der Waals surface area contributed by atoms with Gasteiger partial charge >= 0.3 is 0 Å². The van der Waals surface area contributed by atoms with Crippen LogP contribution in [0.3, 0.4) is 0 Å². The molecule has 0 atom stereocenters. The Balaban J connectivity index is 1.62. The van der Waals surface area contributed by atoms with E-state index in [-0.39, 0.29) is 24.2 Å². The van der Waals surface area contributed by atoms with Gasteiger partial charge in [0.2, 0.25) is 11.8 Å². The van der Waals surface area contributed by atoms with Crippen LogP contribution in [-0.2, 0) is 16.0 Å². The summed E-state index contributed by atoms with van der Waals surface area (Å²) in [6.45, 7) is 4.07. The Morgan fingerprint density at radius 1 is 1.15 bits per heavy atom. The van der Waals surface area contributed by atoms with Crippen LogP contribution in [0.15, 0.2) is 36.4 Å². The van der Waals surface area contributed by atoms with Gasteiger partial charge in [-0.05, 0) is 61.9 Å². The largest absolute Gasteiger partial charge is 0.355 e. The van der Waals surface area contributed by atoms with Gasteiger partial charge in [-0.2, -0.15) is 0 Å². The molecule has 6 heteroatoms. The fourth-order valence-electron chi connectivity index (χ4n) is 3.17. The second kappa shape index (κ2) is 7.69. The standard InChI is InChI=1S/C21H22ClFN2O2/c1-13-11-14(2)18(16(22)12-13)25-20(27)21(8-9-21)19(26)24-10-7-15-5-3-4-6-17(15)23/h3-6,11-12H,7-10H2,1-2H3,(H,24,26)(H,25,27). The van der Waals surface area contributed by atoms with Crippen molar-refractivity contribution >= 4 is 29.1 Å². The van der Waals surface area contributed by atoms with Gasteiger partial charge in [-0.1, -0.05) is 35.9 Å². The van der Waals surface area contributed by atoms with Crippen LogP contribution in [0.4, 0.5) is 10.1 Å². The summed E-state index contributed by atoms with van der Waals surface area (Å²) < 4.78 is 13.6. The molecule has 2 N–H and O–H groups in total. The highest BCUT2D eigenvalue weighted by Crippen LogP contribution is 2.47. The van der Waals surface area contributed by atoms with E-state index in [1.807, 2.05) is 19.9 Å². The molecule has 142 valence electrons. The number of rotatable bonds is 6. The average molecular weight is 389 g/mol. The van der Waals surface area contributed by atoms with E-state index in [2.05, 4.69) is 10.6 Å². The Morgan fingerprint density at radius 2 is 1.85 bits per heavy atom. The number of aryl methyl sites for hydroxylation is 2. The first kappa shape index (κ1) is 19.4. The second-order valence-corrected chi connectivity index (χ2v) is 7.48. The summed E-state index contributed by atoms with van der Waals surface area (Å²) in [5.74, 6) is -0.966. The minimum Gasteiger partial charge on any atom is -0.355 e. The molecule has 0 heterocycles. The van der Waals surface area contributed by atoms with Crippen LogP contribution in [0.25, 0.3) is 0 Å². The molecular formula is C21H22ClFN2O2. The summed E-state index contributed by atoms with van der Waals surface area (Å²) in [7, 11) is 0. The summed E-state index contributed by atoms with van der Waals surface area (Å²) in [6.07, 6.45) is 1.36. The minimum atomic E-state index is -1.06. The van der Waals surface area contributed by atoms with Crippen molar-refractivity contribution < 1.29 is 14.0 Å². The molecule has 2 aromatic carbocycles. The fraction of sp³-hybridized carbons (Fsp3) is 0.333. The number of carbonyl (C=O) groups is 2. The van der Waals surface area contributed by atoms with E-state index in [9.17, 15) is 14.0 Å². The third-order valence-corrected chi connectivity index (χ3v) is 5.23. The van der Waals surface area contributed by atoms with Crippen molar-refractivity contribution in [2.75, 3.05) is 11.9 Å². The quantitative estimate of drug-likeness (QED) is 0.729. The van der Waals surface area contributed by atoms with Crippen LogP contribution in [-0.4, -0.2) is 18.4 Å². The Kier molecular flexibility index (Phi) is 5.51. The van der Waals surface area contributed by atoms with Gasteiger partial charge in [0, 0.05) is 6.54 Å². The van der Waals surface area contributed by atoms with E-state index >= 15 is 0 Å². The van der Waals surface area contributed by atoms with Crippen molar-refractivity contribution in [2.24, 2.45) is 5.41 Å². The van der Waals surface area contributed by atoms with Crippen molar-refractivity contribution in [2.45, 2.75) is 33.1 Å². The number of anilines is 1. The monoisotopic (exact) mass is 388 g/mol. The van der Waals surface area contributed by atoms with Crippen molar-refractivity contribution in [3.8, 4) is 0 Å². The molecule has 0 aliphatic heterocycles. The Labute approximate surface area is 163 Å². The van der Waals surface area contributed by atoms with E-state index < -0.39 is 5.41 Å². The molecule has 0 unspecified atom stereocenters. The zero-order valence-electron chi connectivity index (χ0n) is 15.4. The maximum absolute atomic E-state index is 13.6. The normalized spacial score (nSPS) is 14.5. The number of hydrogen-bond donors (Lipinski definition) is 2. The third-order valence-electron chi connectivity index (χ3n) is 4.93. The molecule has 3 rings (SSSR count). The Morgan fingerprint density at radius 3 is 2.48 bits per heavy atom. The lowest BCUT2D eigenvalue weighted by Gasteiger charge is -2.17. The molecule has 2 amide bonds. The van der Waals surface area contributed by atoms with Crippen molar-refractivity contribution in [1.82, 2.24) is 5.32 Å². The first-order valence-corrected chi connectivity index (χ1v) is 9.31. The molecule has 2 aromatic rings. The van der Waals surface area contributed by atoms with E-state index in [4.69, 9.17) is 11.6 Å². The number of benzene rings is 2. The van der Waals surface area contributed by atoms with Crippen molar-refractivity contribution in [3.05, 3.63) is 63.9 Å². The molecule has 1 aliphatic carbocycles. The van der Waals surface area contributed by atoms with E-state index in [1.54, 1.807) is 24.3 Å². The number of nitrogens with one attached hydrogen (secondary N) is 2. The Hall–Kier alpha value is -2.40. The molecular weight excluding hydrogens is 367 g/mol. The van der Waals surface area contributed by atoms with Crippen LogP contribution < -0.4 is 10.6 Å². The highest BCUT2D eigenvalue weighted by atomic mass is 35.5. The van der Waals surface area contributed by atoms with Gasteiger partial charge in [0.05, 0.1) is 10.7 Å². The molecule has 1 fully saturated rings. The summed E-state index contributed by atoms with van der Waals surface area (Å²) in [5.41, 5.74) is 1.87. The van der Waals surface area contributed by atoms with E-state index in [0.717, 1.165) is 11.1 Å². The fourth-order valence-corrected chi connectivity index (χ4v) is 3.54. The zero-order chi connectivity index (χ0) is 19.6. The molecule has 0 bridgehead atoms. The van der Waals surface area contributed by atoms with Crippen molar-refractivity contribution in [1.29, 1.82) is 0 Å². The topological polar surface area (TPSA) is 58.2 Å². The summed E-state index contributed by atoms with van der Waals surface area (Å²) >= 11 is 6.24. The predicted octanol–water partition coefficient (Wildman–Crippen LogP) is 4.17. The van der Waals surface area contributed by atoms with Crippen molar-refractivity contribution in [3.63, 3.8) is 0 Å². The number of amides is 2. The van der Waals surface area contributed by atoms with Gasteiger partial charge in [-0.25, -0.2) is 4.39 Å². The van der Waals surface area contributed by atoms with E-state index in [0.29, 0.717) is 35.5 Å². The van der Waals surface area contributed by atoms with Crippen LogP contribution in [0.5, 0.6) is 0 Å². The summed E-state index contributed by atoms with van der Waals surface area (Å²) in [4.78, 5) is 25.3. The lowest BCUT2D eigenvalue weighted by Crippen LogP contribution is -2.40. The molecule has 0 aromatic heterocycles. The van der Waals surface area contributed by atoms with Gasteiger partial charge in [0.1, 0.15) is 11.2 Å². The molecule has 0 radical (unpaired) electrons. The molecule has 0 spiro atoms.